The molecule has 0 N–H and O–H groups in total. The molecule has 0 spiro atoms. The monoisotopic (exact) mass is 252 g/mol. The fourth-order valence-corrected chi connectivity index (χ4v) is 2.25. The van der Waals surface area contributed by atoms with Crippen molar-refractivity contribution in [2.75, 3.05) is 0 Å². The predicted molar refractivity (Wildman–Crippen MR) is 80.9 cm³/mol. The molecule has 0 atom stereocenters. The Morgan fingerprint density at radius 3 is 1.56 bits per heavy atom. The summed E-state index contributed by atoms with van der Waals surface area (Å²) >= 11 is 0. The van der Waals surface area contributed by atoms with Crippen molar-refractivity contribution in [3.8, 4) is 0 Å². The smallest absolute Gasteiger partial charge is 0.129 e. The van der Waals surface area contributed by atoms with E-state index in [-0.39, 0.29) is 0 Å². The molecule has 0 bridgehead atoms. The normalized spacial score (nSPS) is 10.5. The molecule has 0 aliphatic heterocycles. The Balaban J connectivity index is 2.94. The van der Waals surface area contributed by atoms with E-state index >= 15 is 0 Å². The van der Waals surface area contributed by atoms with Gasteiger partial charge in [-0.25, -0.2) is 0 Å². The maximum atomic E-state index is 10.7. The van der Waals surface area contributed by atoms with Crippen LogP contribution < -0.4 is 0 Å². The molecule has 1 heteroatoms. The molecular weight excluding hydrogens is 220 g/mol. The summed E-state index contributed by atoms with van der Waals surface area (Å²) in [7, 11) is 0. The lowest BCUT2D eigenvalue weighted by molar-refractivity contribution is -0.117. The quantitative estimate of drug-likeness (QED) is 0.281. The van der Waals surface area contributed by atoms with Gasteiger partial charge in [0.05, 0.1) is 0 Å². The maximum absolute atomic E-state index is 10.7. The van der Waals surface area contributed by atoms with E-state index in [0.717, 1.165) is 12.8 Å². The first-order valence-electron chi connectivity index (χ1n) is 7.87. The molecule has 0 aromatic carbocycles. The predicted octanol–water partition coefficient (Wildman–Crippen LogP) is 5.83. The van der Waals surface area contributed by atoms with Gasteiger partial charge in [-0.05, 0) is 26.2 Å². The maximum Gasteiger partial charge on any atom is 0.129 e. The summed E-state index contributed by atoms with van der Waals surface area (Å²) in [5.74, 6) is 0.339. The van der Waals surface area contributed by atoms with Crippen LogP contribution in [0.5, 0.6) is 0 Å². The van der Waals surface area contributed by atoms with Crippen LogP contribution in [0, 0.1) is 0 Å². The third kappa shape index (κ3) is 15.4. The second kappa shape index (κ2) is 14.5. The Labute approximate surface area is 114 Å². The first-order chi connectivity index (χ1) is 8.77. The second-order valence-electron chi connectivity index (χ2n) is 5.42. The molecule has 0 rings (SSSR count). The molecule has 0 saturated heterocycles. The Morgan fingerprint density at radius 2 is 1.17 bits per heavy atom. The van der Waals surface area contributed by atoms with Gasteiger partial charge in [-0.3, -0.25) is 0 Å². The topological polar surface area (TPSA) is 17.1 Å². The van der Waals surface area contributed by atoms with E-state index in [9.17, 15) is 4.79 Å². The fourth-order valence-electron chi connectivity index (χ4n) is 2.25. The minimum Gasteiger partial charge on any atom is -0.300 e. The van der Waals surface area contributed by atoms with E-state index in [4.69, 9.17) is 0 Å². The zero-order chi connectivity index (χ0) is 13.5. The average Bonchev–Trinajstić information content (AvgIpc) is 2.34. The van der Waals surface area contributed by atoms with Gasteiger partial charge < -0.3 is 4.79 Å². The summed E-state index contributed by atoms with van der Waals surface area (Å²) < 4.78 is 0. The first-order valence-corrected chi connectivity index (χ1v) is 7.87. The fraction of sp³-hybridized carbons (Fsp3) is 0.824. The van der Waals surface area contributed by atoms with Crippen molar-refractivity contribution in [2.45, 2.75) is 90.4 Å². The molecule has 0 aliphatic rings. The van der Waals surface area contributed by atoms with Crippen molar-refractivity contribution >= 4 is 5.78 Å². The highest BCUT2D eigenvalue weighted by Crippen LogP contribution is 2.12. The molecule has 0 aromatic heterocycles. The lowest BCUT2D eigenvalue weighted by Crippen LogP contribution is -1.89. The van der Waals surface area contributed by atoms with Crippen molar-refractivity contribution in [1.82, 2.24) is 0 Å². The lowest BCUT2D eigenvalue weighted by atomic mass is 10.0. The van der Waals surface area contributed by atoms with Gasteiger partial charge in [-0.2, -0.15) is 0 Å². The van der Waals surface area contributed by atoms with Crippen LogP contribution in [0.2, 0.25) is 0 Å². The van der Waals surface area contributed by atoms with Gasteiger partial charge in [-0.15, -0.1) is 6.58 Å². The zero-order valence-electron chi connectivity index (χ0n) is 12.4. The van der Waals surface area contributed by atoms with Crippen LogP contribution >= 0.6 is 0 Å². The number of carbonyl (C=O) groups is 1. The summed E-state index contributed by atoms with van der Waals surface area (Å²) in [4.78, 5) is 10.7. The van der Waals surface area contributed by atoms with Crippen molar-refractivity contribution in [2.24, 2.45) is 0 Å². The van der Waals surface area contributed by atoms with Crippen LogP contribution in [-0.4, -0.2) is 5.78 Å². The molecule has 0 heterocycles. The molecule has 1 nitrogen and oxygen atoms in total. The number of allylic oxidation sites excluding steroid dienone is 1. The second-order valence-corrected chi connectivity index (χ2v) is 5.42. The standard InChI is InChI=1S/C17H32O/c1-3-4-5-6-7-8-9-10-11-12-13-14-15-16-17(2)18/h3H,1,4-16H2,2H3. The van der Waals surface area contributed by atoms with Crippen molar-refractivity contribution in [3.63, 3.8) is 0 Å². The van der Waals surface area contributed by atoms with Crippen LogP contribution in [0.1, 0.15) is 90.4 Å². The molecule has 18 heavy (non-hydrogen) atoms. The van der Waals surface area contributed by atoms with Crippen LogP contribution in [0.4, 0.5) is 0 Å². The van der Waals surface area contributed by atoms with Crippen molar-refractivity contribution < 1.29 is 4.79 Å². The van der Waals surface area contributed by atoms with Crippen molar-refractivity contribution in [1.29, 1.82) is 0 Å². The molecule has 0 aromatic rings. The van der Waals surface area contributed by atoms with Crippen LogP contribution in [-0.2, 0) is 4.79 Å². The third-order valence-electron chi connectivity index (χ3n) is 3.44. The van der Waals surface area contributed by atoms with Gasteiger partial charge in [0.25, 0.3) is 0 Å². The zero-order valence-corrected chi connectivity index (χ0v) is 12.4. The van der Waals surface area contributed by atoms with E-state index in [0.29, 0.717) is 5.78 Å². The van der Waals surface area contributed by atoms with E-state index < -0.39 is 0 Å². The highest BCUT2D eigenvalue weighted by Gasteiger charge is 1.95. The number of carbonyl (C=O) groups excluding carboxylic acids is 1. The van der Waals surface area contributed by atoms with Gasteiger partial charge in [0.1, 0.15) is 5.78 Å². The Morgan fingerprint density at radius 1 is 0.778 bits per heavy atom. The molecular formula is C17H32O. The van der Waals surface area contributed by atoms with Gasteiger partial charge in [0, 0.05) is 6.42 Å². The third-order valence-corrected chi connectivity index (χ3v) is 3.44. The summed E-state index contributed by atoms with van der Waals surface area (Å²) in [5, 5.41) is 0. The first kappa shape index (κ1) is 17.4. The number of unbranched alkanes of at least 4 members (excludes halogenated alkanes) is 11. The molecule has 0 unspecified atom stereocenters. The average molecular weight is 252 g/mol. The summed E-state index contributed by atoms with van der Waals surface area (Å²) in [6.45, 7) is 5.43. The number of ketones is 1. The number of hydrogen-bond donors (Lipinski definition) is 0. The van der Waals surface area contributed by atoms with Gasteiger partial charge >= 0.3 is 0 Å². The molecule has 0 amide bonds. The van der Waals surface area contributed by atoms with Gasteiger partial charge in [0.2, 0.25) is 0 Å². The largest absolute Gasteiger partial charge is 0.300 e. The highest BCUT2D eigenvalue weighted by molar-refractivity contribution is 5.75. The lowest BCUT2D eigenvalue weighted by Gasteiger charge is -2.02. The van der Waals surface area contributed by atoms with E-state index in [1.54, 1.807) is 6.92 Å². The SMILES string of the molecule is C=CCCCCCCCCCCCCCC(C)=O. The van der Waals surface area contributed by atoms with Crippen LogP contribution in [0.15, 0.2) is 12.7 Å². The van der Waals surface area contributed by atoms with Crippen LogP contribution in [0.3, 0.4) is 0 Å². The van der Waals surface area contributed by atoms with Crippen molar-refractivity contribution in [3.05, 3.63) is 12.7 Å². The highest BCUT2D eigenvalue weighted by atomic mass is 16.1. The number of rotatable bonds is 14. The number of Topliss-reactive ketones (excluding diaryl/α,β-unsaturated/α-hetero) is 1. The molecule has 106 valence electrons. The van der Waals surface area contributed by atoms with Gasteiger partial charge in [-0.1, -0.05) is 63.9 Å². The Hall–Kier alpha value is -0.590. The Bertz CT molecular complexity index is 196. The molecule has 0 radical (unpaired) electrons. The Kier molecular flexibility index (Phi) is 14.0. The summed E-state index contributed by atoms with van der Waals surface area (Å²) in [6, 6.07) is 0. The van der Waals surface area contributed by atoms with E-state index in [1.165, 1.54) is 70.6 Å². The molecule has 0 fully saturated rings. The van der Waals surface area contributed by atoms with Crippen LogP contribution in [0.25, 0.3) is 0 Å². The summed E-state index contributed by atoms with van der Waals surface area (Å²) in [6.07, 6.45) is 18.7. The summed E-state index contributed by atoms with van der Waals surface area (Å²) in [5.41, 5.74) is 0. The number of hydrogen-bond acceptors (Lipinski definition) is 1. The van der Waals surface area contributed by atoms with E-state index in [2.05, 4.69) is 6.58 Å². The molecule has 0 saturated carbocycles. The van der Waals surface area contributed by atoms with Gasteiger partial charge in [0.15, 0.2) is 0 Å². The molecule has 0 aliphatic carbocycles. The van der Waals surface area contributed by atoms with E-state index in [1.807, 2.05) is 6.08 Å². The minimum atomic E-state index is 0.339. The minimum absolute atomic E-state index is 0.339.